The van der Waals surface area contributed by atoms with Gasteiger partial charge in [0.25, 0.3) is 5.91 Å². The summed E-state index contributed by atoms with van der Waals surface area (Å²) < 4.78 is 5.78. The summed E-state index contributed by atoms with van der Waals surface area (Å²) in [5, 5.41) is 11.2. The molecule has 4 rings (SSSR count). The quantitative estimate of drug-likeness (QED) is 0.271. The number of rotatable bonds is 9. The van der Waals surface area contributed by atoms with Gasteiger partial charge in [0, 0.05) is 41.3 Å². The minimum absolute atomic E-state index is 0.0425. The van der Waals surface area contributed by atoms with Gasteiger partial charge in [-0.1, -0.05) is 26.0 Å². The number of amides is 1. The molecule has 182 valence electrons. The van der Waals surface area contributed by atoms with Crippen LogP contribution >= 0.6 is 11.3 Å². The number of nitrogens with zero attached hydrogens (tertiary/aromatic N) is 2. The lowest BCUT2D eigenvalue weighted by Crippen LogP contribution is -2.32. The molecule has 1 aromatic carbocycles. The highest BCUT2D eigenvalue weighted by molar-refractivity contribution is 7.10. The van der Waals surface area contributed by atoms with Gasteiger partial charge in [0.2, 0.25) is 11.7 Å². The second-order valence-electron chi connectivity index (χ2n) is 8.84. The molecule has 1 aliphatic heterocycles. The Bertz CT molecular complexity index is 1230. The molecule has 0 spiro atoms. The number of anilines is 1. The summed E-state index contributed by atoms with van der Waals surface area (Å²) in [6, 6.07) is 12.0. The zero-order chi connectivity index (χ0) is 25.1. The highest BCUT2D eigenvalue weighted by Gasteiger charge is 2.53. The number of carbonyl (C=O) groups is 3. The first kappa shape index (κ1) is 24.8. The zero-order valence-electron chi connectivity index (χ0n) is 19.9. The van der Waals surface area contributed by atoms with Crippen molar-refractivity contribution in [1.82, 2.24) is 4.98 Å². The van der Waals surface area contributed by atoms with Gasteiger partial charge in [0.05, 0.1) is 12.6 Å². The van der Waals surface area contributed by atoms with Gasteiger partial charge in [0.15, 0.2) is 0 Å². The first-order valence-corrected chi connectivity index (χ1v) is 12.5. The van der Waals surface area contributed by atoms with E-state index in [1.165, 1.54) is 9.78 Å². The van der Waals surface area contributed by atoms with Crippen LogP contribution in [0.15, 0.2) is 54.0 Å². The predicted molar refractivity (Wildman–Crippen MR) is 134 cm³/mol. The van der Waals surface area contributed by atoms with Gasteiger partial charge in [0.1, 0.15) is 11.7 Å². The highest BCUT2D eigenvalue weighted by Crippen LogP contribution is 2.44. The molecule has 0 radical (unpaired) electrons. The molecule has 2 aromatic heterocycles. The number of aliphatic hydroxyl groups is 1. The molecule has 3 heterocycles. The third-order valence-electron chi connectivity index (χ3n) is 6.05. The van der Waals surface area contributed by atoms with Crippen LogP contribution in [0, 0.1) is 18.8 Å². The van der Waals surface area contributed by atoms with E-state index in [-0.39, 0.29) is 24.9 Å². The van der Waals surface area contributed by atoms with Gasteiger partial charge < -0.3 is 9.84 Å². The molecule has 8 heteroatoms. The molecular weight excluding hydrogens is 464 g/mol. The average molecular weight is 493 g/mol. The van der Waals surface area contributed by atoms with Crippen molar-refractivity contribution in [2.75, 3.05) is 18.1 Å². The number of hydrogen-bond acceptors (Lipinski definition) is 7. The first-order chi connectivity index (χ1) is 16.8. The van der Waals surface area contributed by atoms with Gasteiger partial charge in [-0.2, -0.15) is 0 Å². The molecule has 2 unspecified atom stereocenters. The van der Waals surface area contributed by atoms with E-state index < -0.39 is 29.6 Å². The Morgan fingerprint density at radius 3 is 2.54 bits per heavy atom. The van der Waals surface area contributed by atoms with Crippen molar-refractivity contribution in [3.63, 3.8) is 0 Å². The number of hydrogen-bond donors (Lipinski definition) is 1. The third-order valence-corrected chi connectivity index (χ3v) is 6.91. The number of aryl methyl sites for hydroxylation is 1. The van der Waals surface area contributed by atoms with E-state index in [1.54, 1.807) is 55.6 Å². The number of thiophene rings is 1. The number of ether oxygens (including phenoxy) is 1. The molecule has 1 fully saturated rings. The summed E-state index contributed by atoms with van der Waals surface area (Å²) in [5.74, 6) is -3.10. The maximum Gasteiger partial charge on any atom is 0.295 e. The number of benzene rings is 1. The summed E-state index contributed by atoms with van der Waals surface area (Å²) in [7, 11) is 0. The van der Waals surface area contributed by atoms with Crippen LogP contribution in [-0.2, 0) is 14.4 Å². The lowest BCUT2D eigenvalue weighted by molar-refractivity contribution is -0.139. The summed E-state index contributed by atoms with van der Waals surface area (Å²) in [4.78, 5) is 46.5. The molecular formula is C27H28N2O5S. The normalized spacial score (nSPS) is 17.9. The van der Waals surface area contributed by atoms with Gasteiger partial charge in [-0.15, -0.1) is 11.3 Å². The van der Waals surface area contributed by atoms with Crippen molar-refractivity contribution < 1.29 is 24.2 Å². The Morgan fingerprint density at radius 1 is 1.17 bits per heavy atom. The smallest absolute Gasteiger partial charge is 0.295 e. The molecule has 0 aliphatic carbocycles. The first-order valence-electron chi connectivity index (χ1n) is 11.6. The molecule has 1 aliphatic rings. The lowest BCUT2D eigenvalue weighted by Gasteiger charge is -2.28. The number of Topliss-reactive ketones (excluding diaryl/α,β-unsaturated/α-hetero) is 2. The fourth-order valence-corrected chi connectivity index (χ4v) is 5.01. The minimum atomic E-state index is -1.16. The van der Waals surface area contributed by atoms with E-state index in [4.69, 9.17) is 9.84 Å². The maximum absolute atomic E-state index is 13.3. The number of pyridine rings is 1. The van der Waals surface area contributed by atoms with E-state index in [0.717, 1.165) is 11.1 Å². The standard InChI is InChI=1S/C27H28N2O5S/c1-16(2)24(31)22-23(21-6-4-11-28-26(21)34-13-5-12-30)29(27(33)25(22)32)20-9-7-18(8-10-20)19-14-17(3)35-15-19/h4,6-11,14-16,22-23,30H,5,12-13H2,1-3H3. The molecule has 3 aromatic rings. The third kappa shape index (κ3) is 4.90. The van der Waals surface area contributed by atoms with Gasteiger partial charge in [-0.05, 0) is 53.8 Å². The molecule has 35 heavy (non-hydrogen) atoms. The van der Waals surface area contributed by atoms with Crippen molar-refractivity contribution in [1.29, 1.82) is 0 Å². The Hall–Kier alpha value is -3.36. The average Bonchev–Trinajstić information content (AvgIpc) is 3.40. The topological polar surface area (TPSA) is 96.8 Å². The second kappa shape index (κ2) is 10.5. The molecule has 7 nitrogen and oxygen atoms in total. The van der Waals surface area contributed by atoms with Crippen molar-refractivity contribution in [2.45, 2.75) is 33.2 Å². The van der Waals surface area contributed by atoms with E-state index >= 15 is 0 Å². The van der Waals surface area contributed by atoms with Crippen LogP contribution in [0.25, 0.3) is 11.1 Å². The number of carbonyl (C=O) groups excluding carboxylic acids is 3. The van der Waals surface area contributed by atoms with E-state index in [1.807, 2.05) is 19.1 Å². The van der Waals surface area contributed by atoms with Crippen molar-refractivity contribution in [2.24, 2.45) is 11.8 Å². The van der Waals surface area contributed by atoms with E-state index in [0.29, 0.717) is 17.7 Å². The van der Waals surface area contributed by atoms with Crippen molar-refractivity contribution >= 4 is 34.5 Å². The van der Waals surface area contributed by atoms with E-state index in [9.17, 15) is 14.4 Å². The Kier molecular flexibility index (Phi) is 7.42. The Morgan fingerprint density at radius 2 is 1.91 bits per heavy atom. The molecule has 1 amide bonds. The van der Waals surface area contributed by atoms with Crippen LogP contribution in [-0.4, -0.2) is 40.8 Å². The van der Waals surface area contributed by atoms with Crippen LogP contribution < -0.4 is 9.64 Å². The summed E-state index contributed by atoms with van der Waals surface area (Å²) in [6.07, 6.45) is 1.96. The zero-order valence-corrected chi connectivity index (χ0v) is 20.7. The molecule has 0 saturated carbocycles. The molecule has 1 saturated heterocycles. The lowest BCUT2D eigenvalue weighted by atomic mass is 9.85. The van der Waals surface area contributed by atoms with Gasteiger partial charge in [-0.3, -0.25) is 19.3 Å². The maximum atomic E-state index is 13.3. The number of ketones is 2. The SMILES string of the molecule is Cc1cc(-c2ccc(N3C(=O)C(=O)C(C(=O)C(C)C)C3c3cccnc3OCCCO)cc2)cs1. The monoisotopic (exact) mass is 492 g/mol. The van der Waals surface area contributed by atoms with Crippen LogP contribution in [0.4, 0.5) is 5.69 Å². The van der Waals surface area contributed by atoms with Crippen LogP contribution in [0.5, 0.6) is 5.88 Å². The molecule has 0 bridgehead atoms. The summed E-state index contributed by atoms with van der Waals surface area (Å²) in [5.41, 5.74) is 3.09. The van der Waals surface area contributed by atoms with Gasteiger partial charge >= 0.3 is 0 Å². The van der Waals surface area contributed by atoms with Crippen LogP contribution in [0.3, 0.4) is 0 Å². The van der Waals surface area contributed by atoms with E-state index in [2.05, 4.69) is 16.4 Å². The van der Waals surface area contributed by atoms with Crippen LogP contribution in [0.1, 0.15) is 36.8 Å². The molecule has 2 atom stereocenters. The largest absolute Gasteiger partial charge is 0.477 e. The fraction of sp³-hybridized carbons (Fsp3) is 0.333. The fourth-order valence-electron chi connectivity index (χ4n) is 4.30. The minimum Gasteiger partial charge on any atom is -0.477 e. The number of aliphatic hydroxyl groups excluding tert-OH is 1. The Labute approximate surface area is 208 Å². The number of aromatic nitrogens is 1. The van der Waals surface area contributed by atoms with Gasteiger partial charge in [-0.25, -0.2) is 4.98 Å². The van der Waals surface area contributed by atoms with Crippen molar-refractivity contribution in [3.8, 4) is 17.0 Å². The summed E-state index contributed by atoms with van der Waals surface area (Å²) in [6.45, 7) is 5.66. The van der Waals surface area contributed by atoms with Crippen molar-refractivity contribution in [3.05, 3.63) is 64.5 Å². The summed E-state index contributed by atoms with van der Waals surface area (Å²) >= 11 is 1.66. The van der Waals surface area contributed by atoms with Crippen LogP contribution in [0.2, 0.25) is 0 Å². The highest BCUT2D eigenvalue weighted by atomic mass is 32.1. The Balaban J connectivity index is 1.79. The second-order valence-corrected chi connectivity index (χ2v) is 9.95. The molecule has 1 N–H and O–H groups in total. The predicted octanol–water partition coefficient (Wildman–Crippen LogP) is 4.38.